The first-order chi connectivity index (χ1) is 8.65. The highest BCUT2D eigenvalue weighted by Gasteiger charge is 2.34. The summed E-state index contributed by atoms with van der Waals surface area (Å²) >= 11 is 0. The topological polar surface area (TPSA) is 32.5 Å². The van der Waals surface area contributed by atoms with Crippen LogP contribution in [0.4, 0.5) is 0 Å². The first kappa shape index (κ1) is 15.9. The minimum Gasteiger partial charge on any atom is -0.327 e. The van der Waals surface area contributed by atoms with Crippen LogP contribution in [0, 0.1) is 11.8 Å². The number of nitrogens with two attached hydrogens (primary N) is 1. The fourth-order valence-electron chi connectivity index (χ4n) is 3.25. The van der Waals surface area contributed by atoms with E-state index in [9.17, 15) is 0 Å². The van der Waals surface area contributed by atoms with Gasteiger partial charge in [0.2, 0.25) is 0 Å². The molecule has 0 heterocycles. The van der Waals surface area contributed by atoms with Gasteiger partial charge in [0.15, 0.2) is 0 Å². The Bertz CT molecular complexity index is 190. The molecule has 1 fully saturated rings. The number of rotatable bonds is 8. The SMILES string of the molecule is CCN(CC)CC1CCC(CN(CC)CC)C1N. The van der Waals surface area contributed by atoms with Crippen LogP contribution < -0.4 is 5.73 Å². The molecule has 3 nitrogen and oxygen atoms in total. The molecule has 2 atom stereocenters. The largest absolute Gasteiger partial charge is 0.327 e. The maximum absolute atomic E-state index is 6.49. The van der Waals surface area contributed by atoms with E-state index in [0.717, 1.165) is 26.2 Å². The van der Waals surface area contributed by atoms with Crippen molar-refractivity contribution in [2.45, 2.75) is 46.6 Å². The van der Waals surface area contributed by atoms with E-state index in [4.69, 9.17) is 5.73 Å². The molecule has 2 N–H and O–H groups in total. The summed E-state index contributed by atoms with van der Waals surface area (Å²) in [5.74, 6) is 1.43. The van der Waals surface area contributed by atoms with Crippen LogP contribution in [0.15, 0.2) is 0 Å². The summed E-state index contributed by atoms with van der Waals surface area (Å²) in [7, 11) is 0. The van der Waals surface area contributed by atoms with Crippen molar-refractivity contribution in [3.05, 3.63) is 0 Å². The molecule has 0 aliphatic heterocycles. The fraction of sp³-hybridized carbons (Fsp3) is 1.00. The lowest BCUT2D eigenvalue weighted by atomic mass is 9.97. The highest BCUT2D eigenvalue weighted by Crippen LogP contribution is 2.31. The monoisotopic (exact) mass is 255 g/mol. The van der Waals surface area contributed by atoms with Crippen LogP contribution in [0.2, 0.25) is 0 Å². The van der Waals surface area contributed by atoms with Gasteiger partial charge in [0.1, 0.15) is 0 Å². The average Bonchev–Trinajstić information content (AvgIpc) is 2.74. The van der Waals surface area contributed by atoms with Crippen LogP contribution in [0.25, 0.3) is 0 Å². The quantitative estimate of drug-likeness (QED) is 0.720. The zero-order chi connectivity index (χ0) is 13.5. The molecule has 0 bridgehead atoms. The van der Waals surface area contributed by atoms with Gasteiger partial charge in [0, 0.05) is 19.1 Å². The van der Waals surface area contributed by atoms with Crippen LogP contribution >= 0.6 is 0 Å². The first-order valence-electron chi connectivity index (χ1n) is 7.86. The lowest BCUT2D eigenvalue weighted by Gasteiger charge is -2.29. The van der Waals surface area contributed by atoms with Gasteiger partial charge in [-0.1, -0.05) is 27.7 Å². The number of hydrogen-bond donors (Lipinski definition) is 1. The maximum Gasteiger partial charge on any atom is 0.0120 e. The molecule has 1 aliphatic rings. The van der Waals surface area contributed by atoms with Crippen molar-refractivity contribution in [3.63, 3.8) is 0 Å². The summed E-state index contributed by atoms with van der Waals surface area (Å²) in [4.78, 5) is 5.04. The van der Waals surface area contributed by atoms with Gasteiger partial charge in [0.25, 0.3) is 0 Å². The Labute approximate surface area is 114 Å². The highest BCUT2D eigenvalue weighted by molar-refractivity contribution is 4.90. The summed E-state index contributed by atoms with van der Waals surface area (Å²) in [6.07, 6.45) is 2.65. The highest BCUT2D eigenvalue weighted by atomic mass is 15.1. The number of nitrogens with zero attached hydrogens (tertiary/aromatic N) is 2. The Kier molecular flexibility index (Phi) is 7.20. The van der Waals surface area contributed by atoms with Crippen LogP contribution in [0.1, 0.15) is 40.5 Å². The predicted octanol–water partition coefficient (Wildman–Crippen LogP) is 2.02. The van der Waals surface area contributed by atoms with Crippen LogP contribution in [-0.2, 0) is 0 Å². The Balaban J connectivity index is 2.43. The zero-order valence-electron chi connectivity index (χ0n) is 12.9. The second-order valence-corrected chi connectivity index (χ2v) is 5.65. The van der Waals surface area contributed by atoms with Gasteiger partial charge in [0.05, 0.1) is 0 Å². The van der Waals surface area contributed by atoms with Crippen molar-refractivity contribution in [2.75, 3.05) is 39.3 Å². The Hall–Kier alpha value is -0.120. The van der Waals surface area contributed by atoms with E-state index >= 15 is 0 Å². The third-order valence-electron chi connectivity index (χ3n) is 4.77. The molecule has 18 heavy (non-hydrogen) atoms. The van der Waals surface area contributed by atoms with Crippen molar-refractivity contribution >= 4 is 0 Å². The summed E-state index contributed by atoms with van der Waals surface area (Å²) < 4.78 is 0. The number of hydrogen-bond acceptors (Lipinski definition) is 3. The smallest absolute Gasteiger partial charge is 0.0120 e. The molecule has 1 rings (SSSR count). The zero-order valence-corrected chi connectivity index (χ0v) is 12.9. The molecule has 1 saturated carbocycles. The third kappa shape index (κ3) is 4.22. The summed E-state index contributed by atoms with van der Waals surface area (Å²) in [6.45, 7) is 16.0. The predicted molar refractivity (Wildman–Crippen MR) is 79.8 cm³/mol. The normalized spacial score (nSPS) is 28.5. The average molecular weight is 255 g/mol. The van der Waals surface area contributed by atoms with Crippen molar-refractivity contribution in [1.29, 1.82) is 0 Å². The molecule has 3 heteroatoms. The van der Waals surface area contributed by atoms with Crippen LogP contribution in [0.3, 0.4) is 0 Å². The van der Waals surface area contributed by atoms with E-state index in [2.05, 4.69) is 37.5 Å². The maximum atomic E-state index is 6.49. The molecular formula is C15H33N3. The van der Waals surface area contributed by atoms with E-state index in [1.807, 2.05) is 0 Å². The van der Waals surface area contributed by atoms with Gasteiger partial charge in [-0.25, -0.2) is 0 Å². The van der Waals surface area contributed by atoms with Gasteiger partial charge in [-0.05, 0) is 50.9 Å². The molecule has 0 spiro atoms. The molecule has 0 aromatic heterocycles. The van der Waals surface area contributed by atoms with Gasteiger partial charge >= 0.3 is 0 Å². The van der Waals surface area contributed by atoms with E-state index in [1.54, 1.807) is 0 Å². The summed E-state index contributed by atoms with van der Waals surface area (Å²) in [5.41, 5.74) is 6.49. The fourth-order valence-corrected chi connectivity index (χ4v) is 3.25. The summed E-state index contributed by atoms with van der Waals surface area (Å²) in [6, 6.07) is 0.409. The van der Waals surface area contributed by atoms with Gasteiger partial charge in [-0.3, -0.25) is 0 Å². The molecule has 0 aromatic carbocycles. The van der Waals surface area contributed by atoms with Crippen molar-refractivity contribution < 1.29 is 0 Å². The molecule has 108 valence electrons. The van der Waals surface area contributed by atoms with Crippen LogP contribution in [0.5, 0.6) is 0 Å². The second-order valence-electron chi connectivity index (χ2n) is 5.65. The standard InChI is InChI=1S/C15H33N3/c1-5-17(6-2)11-13-9-10-14(15(13)16)12-18(7-3)8-4/h13-15H,5-12,16H2,1-4H3. The van der Waals surface area contributed by atoms with E-state index < -0.39 is 0 Å². The first-order valence-corrected chi connectivity index (χ1v) is 7.86. The minimum atomic E-state index is 0.409. The van der Waals surface area contributed by atoms with Gasteiger partial charge in [-0.2, -0.15) is 0 Å². The molecule has 0 saturated heterocycles. The van der Waals surface area contributed by atoms with Gasteiger partial charge < -0.3 is 15.5 Å². The van der Waals surface area contributed by atoms with Gasteiger partial charge in [-0.15, -0.1) is 0 Å². The molecular weight excluding hydrogens is 222 g/mol. The third-order valence-corrected chi connectivity index (χ3v) is 4.77. The van der Waals surface area contributed by atoms with Crippen molar-refractivity contribution in [1.82, 2.24) is 9.80 Å². The van der Waals surface area contributed by atoms with Crippen LogP contribution in [-0.4, -0.2) is 55.1 Å². The van der Waals surface area contributed by atoms with E-state index in [0.29, 0.717) is 17.9 Å². The molecule has 0 amide bonds. The lowest BCUT2D eigenvalue weighted by molar-refractivity contribution is 0.212. The Morgan fingerprint density at radius 3 is 1.39 bits per heavy atom. The Morgan fingerprint density at radius 1 is 0.778 bits per heavy atom. The summed E-state index contributed by atoms with van der Waals surface area (Å²) in [5, 5.41) is 0. The molecule has 0 radical (unpaired) electrons. The van der Waals surface area contributed by atoms with E-state index in [1.165, 1.54) is 25.9 Å². The molecule has 1 aliphatic carbocycles. The second kappa shape index (κ2) is 8.13. The van der Waals surface area contributed by atoms with Crippen molar-refractivity contribution in [2.24, 2.45) is 17.6 Å². The lowest BCUT2D eigenvalue weighted by Crippen LogP contribution is -2.42. The van der Waals surface area contributed by atoms with Crippen molar-refractivity contribution in [3.8, 4) is 0 Å². The molecule has 0 aromatic rings. The minimum absolute atomic E-state index is 0.409. The Morgan fingerprint density at radius 2 is 1.11 bits per heavy atom. The molecule has 2 unspecified atom stereocenters. The van der Waals surface area contributed by atoms with E-state index in [-0.39, 0.29) is 0 Å².